The zero-order valence-electron chi connectivity index (χ0n) is 13.9. The summed E-state index contributed by atoms with van der Waals surface area (Å²) in [5.74, 6) is 1.64. The van der Waals surface area contributed by atoms with E-state index in [-0.39, 0.29) is 0 Å². The Bertz CT molecular complexity index is 682. The van der Waals surface area contributed by atoms with Crippen molar-refractivity contribution in [2.75, 3.05) is 32.2 Å². The molecule has 2 aromatic rings. The van der Waals surface area contributed by atoms with Crippen LogP contribution in [0.5, 0.6) is 11.5 Å². The predicted octanol–water partition coefficient (Wildman–Crippen LogP) is 2.53. The number of nitrogens with zero attached hydrogens (tertiary/aromatic N) is 2. The summed E-state index contributed by atoms with van der Waals surface area (Å²) < 4.78 is 18.3. The highest BCUT2D eigenvalue weighted by molar-refractivity contribution is 5.53. The lowest BCUT2D eigenvalue weighted by Gasteiger charge is -2.19. The Morgan fingerprint density at radius 2 is 2.00 bits per heavy atom. The van der Waals surface area contributed by atoms with Crippen LogP contribution in [0.3, 0.4) is 0 Å². The summed E-state index contributed by atoms with van der Waals surface area (Å²) in [6.45, 7) is 7.44. The lowest BCUT2D eigenvalue weighted by Crippen LogP contribution is -2.15. The summed E-state index contributed by atoms with van der Waals surface area (Å²) in [6.07, 6.45) is 0. The molecule has 0 spiro atoms. The predicted molar refractivity (Wildman–Crippen MR) is 88.3 cm³/mol. The number of hydrogen-bond donors (Lipinski definition) is 1. The van der Waals surface area contributed by atoms with Crippen LogP contribution in [0.4, 0.5) is 5.69 Å². The van der Waals surface area contributed by atoms with E-state index in [4.69, 9.17) is 14.2 Å². The van der Waals surface area contributed by atoms with E-state index < -0.39 is 0 Å². The van der Waals surface area contributed by atoms with E-state index in [0.29, 0.717) is 26.4 Å². The van der Waals surface area contributed by atoms with E-state index in [0.717, 1.165) is 40.7 Å². The average Bonchev–Trinajstić information content (AvgIpc) is 2.84. The first-order valence-corrected chi connectivity index (χ1v) is 7.84. The maximum atomic E-state index is 5.63. The van der Waals surface area contributed by atoms with Crippen molar-refractivity contribution in [2.24, 2.45) is 0 Å². The number of anilines is 1. The minimum atomic E-state index is 0.606. The van der Waals surface area contributed by atoms with Gasteiger partial charge in [-0.05, 0) is 31.5 Å². The second-order valence-electron chi connectivity index (χ2n) is 5.59. The van der Waals surface area contributed by atoms with Crippen molar-refractivity contribution in [3.8, 4) is 11.5 Å². The largest absolute Gasteiger partial charge is 0.486 e. The maximum absolute atomic E-state index is 5.63. The second kappa shape index (κ2) is 6.91. The van der Waals surface area contributed by atoms with Gasteiger partial charge >= 0.3 is 0 Å². The zero-order chi connectivity index (χ0) is 16.2. The first-order valence-electron chi connectivity index (χ1n) is 7.84. The molecular weight excluding hydrogens is 294 g/mol. The standard InChI is InChI=1S/C17H23N3O3/c1-12-17(13(2)20(19-12)6-7-21-3)18-11-14-4-5-15-16(10-14)23-9-8-22-15/h4-5,10,18H,6-9,11H2,1-3H3. The number of aromatic nitrogens is 2. The van der Waals surface area contributed by atoms with E-state index in [1.807, 2.05) is 23.7 Å². The van der Waals surface area contributed by atoms with E-state index in [2.05, 4.69) is 23.4 Å². The summed E-state index contributed by atoms with van der Waals surface area (Å²) in [7, 11) is 1.70. The van der Waals surface area contributed by atoms with Crippen molar-refractivity contribution in [3.63, 3.8) is 0 Å². The van der Waals surface area contributed by atoms with Crippen molar-refractivity contribution in [1.29, 1.82) is 0 Å². The Kier molecular flexibility index (Phi) is 4.71. The van der Waals surface area contributed by atoms with E-state index in [9.17, 15) is 0 Å². The average molecular weight is 317 g/mol. The molecule has 1 aliphatic heterocycles. The van der Waals surface area contributed by atoms with Crippen molar-refractivity contribution in [1.82, 2.24) is 9.78 Å². The molecule has 2 heterocycles. The minimum Gasteiger partial charge on any atom is -0.486 e. The van der Waals surface area contributed by atoms with Crippen LogP contribution in [0, 0.1) is 13.8 Å². The van der Waals surface area contributed by atoms with Crippen LogP contribution in [0.25, 0.3) is 0 Å². The van der Waals surface area contributed by atoms with Crippen LogP contribution < -0.4 is 14.8 Å². The molecule has 0 aliphatic carbocycles. The number of fused-ring (bicyclic) bond motifs is 1. The molecule has 1 N–H and O–H groups in total. The van der Waals surface area contributed by atoms with Crippen LogP contribution in [-0.4, -0.2) is 36.7 Å². The second-order valence-corrected chi connectivity index (χ2v) is 5.59. The Morgan fingerprint density at radius 1 is 1.22 bits per heavy atom. The number of rotatable bonds is 6. The van der Waals surface area contributed by atoms with Gasteiger partial charge in [0.05, 0.1) is 30.2 Å². The van der Waals surface area contributed by atoms with Gasteiger partial charge < -0.3 is 19.5 Å². The molecule has 124 valence electrons. The van der Waals surface area contributed by atoms with Gasteiger partial charge in [0.2, 0.25) is 0 Å². The zero-order valence-corrected chi connectivity index (χ0v) is 13.9. The summed E-state index contributed by atoms with van der Waals surface area (Å²) in [6, 6.07) is 6.05. The van der Waals surface area contributed by atoms with Crippen molar-refractivity contribution < 1.29 is 14.2 Å². The third-order valence-corrected chi connectivity index (χ3v) is 3.96. The van der Waals surface area contributed by atoms with Crippen LogP contribution in [-0.2, 0) is 17.8 Å². The number of benzene rings is 1. The van der Waals surface area contributed by atoms with Gasteiger partial charge in [-0.2, -0.15) is 5.10 Å². The molecule has 6 heteroatoms. The third kappa shape index (κ3) is 3.42. The van der Waals surface area contributed by atoms with Gasteiger partial charge in [-0.15, -0.1) is 0 Å². The Morgan fingerprint density at radius 3 is 2.78 bits per heavy atom. The quantitative estimate of drug-likeness (QED) is 0.887. The molecule has 0 atom stereocenters. The van der Waals surface area contributed by atoms with Gasteiger partial charge in [0.15, 0.2) is 11.5 Å². The maximum Gasteiger partial charge on any atom is 0.161 e. The summed E-state index contributed by atoms with van der Waals surface area (Å²) >= 11 is 0. The van der Waals surface area contributed by atoms with Crippen LogP contribution >= 0.6 is 0 Å². The van der Waals surface area contributed by atoms with Crippen molar-refractivity contribution >= 4 is 5.69 Å². The number of ether oxygens (including phenoxy) is 3. The van der Waals surface area contributed by atoms with E-state index >= 15 is 0 Å². The van der Waals surface area contributed by atoms with Gasteiger partial charge in [-0.25, -0.2) is 0 Å². The van der Waals surface area contributed by atoms with E-state index in [1.54, 1.807) is 7.11 Å². The topological polar surface area (TPSA) is 57.5 Å². The molecule has 1 aliphatic rings. The third-order valence-electron chi connectivity index (χ3n) is 3.96. The van der Waals surface area contributed by atoms with Gasteiger partial charge in [0.1, 0.15) is 13.2 Å². The van der Waals surface area contributed by atoms with Crippen molar-refractivity contribution in [2.45, 2.75) is 26.9 Å². The fraction of sp³-hybridized carbons (Fsp3) is 0.471. The molecule has 0 radical (unpaired) electrons. The lowest BCUT2D eigenvalue weighted by molar-refractivity contribution is 0.171. The molecule has 6 nitrogen and oxygen atoms in total. The molecule has 0 bridgehead atoms. The first kappa shape index (κ1) is 15.7. The number of nitrogens with one attached hydrogen (secondary N) is 1. The number of aryl methyl sites for hydroxylation is 1. The van der Waals surface area contributed by atoms with Gasteiger partial charge in [0.25, 0.3) is 0 Å². The van der Waals surface area contributed by atoms with Crippen LogP contribution in [0.2, 0.25) is 0 Å². The molecule has 3 rings (SSSR count). The van der Waals surface area contributed by atoms with E-state index in [1.165, 1.54) is 0 Å². The molecular formula is C17H23N3O3. The molecule has 0 amide bonds. The molecule has 1 aromatic heterocycles. The molecule has 0 saturated heterocycles. The Balaban J connectivity index is 1.69. The molecule has 0 fully saturated rings. The summed E-state index contributed by atoms with van der Waals surface area (Å²) in [4.78, 5) is 0. The summed E-state index contributed by atoms with van der Waals surface area (Å²) in [5.41, 5.74) is 4.35. The molecule has 1 aromatic carbocycles. The first-order chi connectivity index (χ1) is 11.2. The minimum absolute atomic E-state index is 0.606. The highest BCUT2D eigenvalue weighted by Crippen LogP contribution is 2.31. The SMILES string of the molecule is COCCn1nc(C)c(NCc2ccc3c(c2)OCCO3)c1C. The summed E-state index contributed by atoms with van der Waals surface area (Å²) in [5, 5.41) is 8.04. The smallest absolute Gasteiger partial charge is 0.161 e. The fourth-order valence-corrected chi connectivity index (χ4v) is 2.74. The van der Waals surface area contributed by atoms with Gasteiger partial charge in [-0.1, -0.05) is 6.07 Å². The highest BCUT2D eigenvalue weighted by Gasteiger charge is 2.13. The fourth-order valence-electron chi connectivity index (χ4n) is 2.74. The Labute approximate surface area is 136 Å². The molecule has 0 saturated carbocycles. The van der Waals surface area contributed by atoms with Gasteiger partial charge in [0, 0.05) is 13.7 Å². The molecule has 0 unspecified atom stereocenters. The number of hydrogen-bond acceptors (Lipinski definition) is 5. The van der Waals surface area contributed by atoms with Crippen molar-refractivity contribution in [3.05, 3.63) is 35.2 Å². The van der Waals surface area contributed by atoms with Gasteiger partial charge in [-0.3, -0.25) is 4.68 Å². The highest BCUT2D eigenvalue weighted by atomic mass is 16.6. The molecule has 23 heavy (non-hydrogen) atoms. The number of methoxy groups -OCH3 is 1. The van der Waals surface area contributed by atoms with Crippen LogP contribution in [0.1, 0.15) is 17.0 Å². The normalized spacial score (nSPS) is 13.2. The monoisotopic (exact) mass is 317 g/mol. The lowest BCUT2D eigenvalue weighted by atomic mass is 10.2. The Hall–Kier alpha value is -2.21. The van der Waals surface area contributed by atoms with Crippen LogP contribution in [0.15, 0.2) is 18.2 Å².